The Bertz CT molecular complexity index is 455. The van der Waals surface area contributed by atoms with Crippen LogP contribution >= 0.6 is 0 Å². The summed E-state index contributed by atoms with van der Waals surface area (Å²) in [5.41, 5.74) is 5.52. The van der Waals surface area contributed by atoms with E-state index in [1.165, 1.54) is 12.1 Å². The minimum Gasteiger partial charge on any atom is -0.409 e. The molecule has 112 valence electrons. The van der Waals surface area contributed by atoms with Crippen LogP contribution in [0.1, 0.15) is 25.0 Å². The SMILES string of the molecule is CC(C)N(CC(N)=NO)Cc1ccc(C(F)(F)F)cc1. The lowest BCUT2D eigenvalue weighted by Crippen LogP contribution is -2.38. The van der Waals surface area contributed by atoms with Crippen LogP contribution in [0.15, 0.2) is 29.4 Å². The van der Waals surface area contributed by atoms with Crippen LogP contribution in [0.25, 0.3) is 0 Å². The van der Waals surface area contributed by atoms with Gasteiger partial charge in [0.1, 0.15) is 0 Å². The van der Waals surface area contributed by atoms with Gasteiger partial charge in [0.15, 0.2) is 5.84 Å². The number of nitrogens with zero attached hydrogens (tertiary/aromatic N) is 2. The van der Waals surface area contributed by atoms with E-state index in [2.05, 4.69) is 5.16 Å². The minimum atomic E-state index is -4.33. The zero-order valence-corrected chi connectivity index (χ0v) is 11.4. The number of alkyl halides is 3. The van der Waals surface area contributed by atoms with E-state index in [0.717, 1.165) is 17.7 Å². The third-order valence-electron chi connectivity index (χ3n) is 2.89. The number of hydrogen-bond donors (Lipinski definition) is 2. The van der Waals surface area contributed by atoms with Gasteiger partial charge in [-0.25, -0.2) is 0 Å². The molecule has 20 heavy (non-hydrogen) atoms. The van der Waals surface area contributed by atoms with Crippen LogP contribution in [0.3, 0.4) is 0 Å². The number of oxime groups is 1. The monoisotopic (exact) mass is 289 g/mol. The van der Waals surface area contributed by atoms with Crippen LogP contribution in [-0.2, 0) is 12.7 Å². The van der Waals surface area contributed by atoms with E-state index in [1.54, 1.807) is 0 Å². The summed E-state index contributed by atoms with van der Waals surface area (Å²) in [4.78, 5) is 1.89. The molecular formula is C13H18F3N3O. The van der Waals surface area contributed by atoms with Crippen molar-refractivity contribution >= 4 is 5.84 Å². The zero-order valence-electron chi connectivity index (χ0n) is 11.4. The highest BCUT2D eigenvalue weighted by Crippen LogP contribution is 2.29. The largest absolute Gasteiger partial charge is 0.416 e. The van der Waals surface area contributed by atoms with E-state index in [4.69, 9.17) is 10.9 Å². The average Bonchev–Trinajstić information content (AvgIpc) is 2.37. The molecule has 0 unspecified atom stereocenters. The molecule has 0 atom stereocenters. The van der Waals surface area contributed by atoms with E-state index in [1.807, 2.05) is 18.7 Å². The highest BCUT2D eigenvalue weighted by atomic mass is 19.4. The number of benzene rings is 1. The fourth-order valence-electron chi connectivity index (χ4n) is 1.69. The summed E-state index contributed by atoms with van der Waals surface area (Å²) in [7, 11) is 0. The van der Waals surface area contributed by atoms with Gasteiger partial charge >= 0.3 is 6.18 Å². The maximum Gasteiger partial charge on any atom is 0.416 e. The number of hydrogen-bond acceptors (Lipinski definition) is 3. The van der Waals surface area contributed by atoms with Gasteiger partial charge in [-0.3, -0.25) is 4.90 Å². The molecule has 0 aliphatic carbocycles. The van der Waals surface area contributed by atoms with Gasteiger partial charge in [0.2, 0.25) is 0 Å². The molecule has 4 nitrogen and oxygen atoms in total. The number of nitrogens with two attached hydrogens (primary N) is 1. The molecule has 3 N–H and O–H groups in total. The lowest BCUT2D eigenvalue weighted by Gasteiger charge is -2.25. The molecular weight excluding hydrogens is 271 g/mol. The summed E-state index contributed by atoms with van der Waals surface area (Å²) in [6, 6.07) is 5.08. The van der Waals surface area contributed by atoms with Crippen LogP contribution in [0.4, 0.5) is 13.2 Å². The van der Waals surface area contributed by atoms with Crippen LogP contribution < -0.4 is 5.73 Å². The van der Waals surface area contributed by atoms with Gasteiger partial charge < -0.3 is 10.9 Å². The standard InChI is InChI=1S/C13H18F3N3O/c1-9(2)19(8-12(17)18-20)7-10-3-5-11(6-4-10)13(14,15)16/h3-6,9,20H,7-8H2,1-2H3,(H2,17,18). The molecule has 1 aromatic carbocycles. The molecule has 0 aliphatic heterocycles. The van der Waals surface area contributed by atoms with Gasteiger partial charge in [-0.15, -0.1) is 0 Å². The average molecular weight is 289 g/mol. The van der Waals surface area contributed by atoms with Gasteiger partial charge in [0.25, 0.3) is 0 Å². The van der Waals surface area contributed by atoms with Crippen LogP contribution in [0.5, 0.6) is 0 Å². The Kier molecular flexibility index (Phi) is 5.38. The van der Waals surface area contributed by atoms with Crippen molar-refractivity contribution in [2.45, 2.75) is 32.6 Å². The predicted octanol–water partition coefficient (Wildman–Crippen LogP) is 2.66. The Morgan fingerprint density at radius 3 is 2.25 bits per heavy atom. The molecule has 0 saturated carbocycles. The molecule has 0 saturated heterocycles. The smallest absolute Gasteiger partial charge is 0.409 e. The first kappa shape index (κ1) is 16.3. The summed E-state index contributed by atoms with van der Waals surface area (Å²) < 4.78 is 37.4. The molecule has 0 fully saturated rings. The molecule has 0 aliphatic rings. The Hall–Kier alpha value is -1.76. The van der Waals surface area contributed by atoms with Crippen molar-refractivity contribution in [1.29, 1.82) is 0 Å². The molecule has 0 spiro atoms. The number of halogens is 3. The lowest BCUT2D eigenvalue weighted by atomic mass is 10.1. The Labute approximate surface area is 115 Å². The van der Waals surface area contributed by atoms with Gasteiger partial charge in [-0.05, 0) is 31.5 Å². The molecule has 1 rings (SSSR count). The van der Waals surface area contributed by atoms with E-state index in [-0.39, 0.29) is 18.4 Å². The molecule has 0 radical (unpaired) electrons. The Morgan fingerprint density at radius 1 is 1.30 bits per heavy atom. The quantitative estimate of drug-likeness (QED) is 0.379. The molecule has 0 amide bonds. The Balaban J connectivity index is 2.79. The summed E-state index contributed by atoms with van der Waals surface area (Å²) >= 11 is 0. The second kappa shape index (κ2) is 6.60. The summed E-state index contributed by atoms with van der Waals surface area (Å²) in [5.74, 6) is 0.0608. The van der Waals surface area contributed by atoms with Crippen molar-refractivity contribution in [2.24, 2.45) is 10.9 Å². The topological polar surface area (TPSA) is 61.8 Å². The lowest BCUT2D eigenvalue weighted by molar-refractivity contribution is -0.137. The highest BCUT2D eigenvalue weighted by molar-refractivity contribution is 5.81. The predicted molar refractivity (Wildman–Crippen MR) is 70.4 cm³/mol. The fourth-order valence-corrected chi connectivity index (χ4v) is 1.69. The normalized spacial score (nSPS) is 13.2. The van der Waals surface area contributed by atoms with Gasteiger partial charge in [-0.1, -0.05) is 17.3 Å². The third kappa shape index (κ3) is 4.73. The van der Waals surface area contributed by atoms with Gasteiger partial charge in [-0.2, -0.15) is 13.2 Å². The molecule has 7 heteroatoms. The first-order valence-corrected chi connectivity index (χ1v) is 6.10. The highest BCUT2D eigenvalue weighted by Gasteiger charge is 2.30. The number of amidine groups is 1. The maximum absolute atomic E-state index is 12.5. The number of rotatable bonds is 5. The molecule has 1 aromatic rings. The van der Waals surface area contributed by atoms with Crippen LogP contribution in [0.2, 0.25) is 0 Å². The van der Waals surface area contributed by atoms with Crippen LogP contribution in [0, 0.1) is 0 Å². The van der Waals surface area contributed by atoms with Crippen LogP contribution in [-0.4, -0.2) is 28.5 Å². The van der Waals surface area contributed by atoms with Crippen molar-refractivity contribution in [3.63, 3.8) is 0 Å². The van der Waals surface area contributed by atoms with Gasteiger partial charge in [0, 0.05) is 12.6 Å². The summed E-state index contributed by atoms with van der Waals surface area (Å²) in [5, 5.41) is 11.5. The zero-order chi connectivity index (χ0) is 15.3. The van der Waals surface area contributed by atoms with Crippen molar-refractivity contribution in [1.82, 2.24) is 4.90 Å². The molecule has 0 heterocycles. The molecule has 0 bridgehead atoms. The van der Waals surface area contributed by atoms with Gasteiger partial charge in [0.05, 0.1) is 12.1 Å². The first-order chi connectivity index (χ1) is 9.24. The van der Waals surface area contributed by atoms with Crippen molar-refractivity contribution in [3.05, 3.63) is 35.4 Å². The second-order valence-corrected chi connectivity index (χ2v) is 4.78. The Morgan fingerprint density at radius 2 is 1.85 bits per heavy atom. The maximum atomic E-state index is 12.5. The third-order valence-corrected chi connectivity index (χ3v) is 2.89. The van der Waals surface area contributed by atoms with E-state index in [9.17, 15) is 13.2 Å². The van der Waals surface area contributed by atoms with E-state index >= 15 is 0 Å². The van der Waals surface area contributed by atoms with Crippen molar-refractivity contribution in [3.8, 4) is 0 Å². The summed E-state index contributed by atoms with van der Waals surface area (Å²) in [6.45, 7) is 4.52. The first-order valence-electron chi connectivity index (χ1n) is 6.10. The minimum absolute atomic E-state index is 0.0608. The molecule has 0 aromatic heterocycles. The van der Waals surface area contributed by atoms with E-state index < -0.39 is 11.7 Å². The fraction of sp³-hybridized carbons (Fsp3) is 0.462. The van der Waals surface area contributed by atoms with E-state index in [0.29, 0.717) is 6.54 Å². The van der Waals surface area contributed by atoms with Crippen molar-refractivity contribution < 1.29 is 18.4 Å². The van der Waals surface area contributed by atoms with Crippen molar-refractivity contribution in [2.75, 3.05) is 6.54 Å². The second-order valence-electron chi connectivity index (χ2n) is 4.78. The summed E-state index contributed by atoms with van der Waals surface area (Å²) in [6.07, 6.45) is -4.33.